The van der Waals surface area contributed by atoms with E-state index in [0.717, 1.165) is 23.2 Å². The topological polar surface area (TPSA) is 76.9 Å². The zero-order chi connectivity index (χ0) is 14.6. The van der Waals surface area contributed by atoms with E-state index in [1.807, 2.05) is 16.7 Å². The van der Waals surface area contributed by atoms with Crippen LogP contribution in [-0.4, -0.2) is 41.6 Å². The van der Waals surface area contributed by atoms with Crippen LogP contribution in [-0.2, 0) is 23.0 Å². The standard InChI is InChI=1S/C12H17ClN4O2S/c1-20(18,19)15-8-3-9-17-11(5-6-13)16-10-4-2-7-14-12(10)17/h2,4,7,15H,3,5-6,8-9H2,1H3. The Morgan fingerprint density at radius 1 is 1.45 bits per heavy atom. The van der Waals surface area contributed by atoms with Crippen LogP contribution >= 0.6 is 11.6 Å². The number of sulfonamides is 1. The normalized spacial score (nSPS) is 12.1. The molecule has 2 aromatic heterocycles. The number of rotatable bonds is 7. The Hall–Kier alpha value is -1.18. The minimum Gasteiger partial charge on any atom is -0.313 e. The number of hydrogen-bond acceptors (Lipinski definition) is 4. The van der Waals surface area contributed by atoms with E-state index >= 15 is 0 Å². The number of nitrogens with zero attached hydrogens (tertiary/aromatic N) is 3. The van der Waals surface area contributed by atoms with Crippen molar-refractivity contribution < 1.29 is 8.42 Å². The van der Waals surface area contributed by atoms with Crippen LogP contribution in [0.3, 0.4) is 0 Å². The van der Waals surface area contributed by atoms with Gasteiger partial charge < -0.3 is 4.57 Å². The number of fused-ring (bicyclic) bond motifs is 1. The third-order valence-corrected chi connectivity index (χ3v) is 3.74. The van der Waals surface area contributed by atoms with Crippen LogP contribution in [0.5, 0.6) is 0 Å². The molecular weight excluding hydrogens is 300 g/mol. The SMILES string of the molecule is CS(=O)(=O)NCCCn1c(CCCl)nc2cccnc21. The van der Waals surface area contributed by atoms with Crippen molar-refractivity contribution >= 4 is 32.8 Å². The molecule has 0 saturated heterocycles. The fourth-order valence-electron chi connectivity index (χ4n) is 2.01. The molecule has 0 aliphatic carbocycles. The lowest BCUT2D eigenvalue weighted by atomic mass is 10.4. The molecule has 0 aromatic carbocycles. The quantitative estimate of drug-likeness (QED) is 0.614. The Bertz CT molecular complexity index is 684. The van der Waals surface area contributed by atoms with Crippen LogP contribution in [0, 0.1) is 0 Å². The molecule has 2 aromatic rings. The lowest BCUT2D eigenvalue weighted by molar-refractivity contribution is 0.573. The first-order valence-electron chi connectivity index (χ1n) is 6.32. The molecule has 0 spiro atoms. The van der Waals surface area contributed by atoms with Gasteiger partial charge in [-0.2, -0.15) is 0 Å². The molecule has 2 heterocycles. The van der Waals surface area contributed by atoms with E-state index in [1.54, 1.807) is 6.20 Å². The van der Waals surface area contributed by atoms with Gasteiger partial charge in [-0.25, -0.2) is 23.1 Å². The van der Waals surface area contributed by atoms with Crippen molar-refractivity contribution in [1.29, 1.82) is 0 Å². The second-order valence-corrected chi connectivity index (χ2v) is 6.70. The van der Waals surface area contributed by atoms with Crippen molar-refractivity contribution in [2.45, 2.75) is 19.4 Å². The average molecular weight is 317 g/mol. The summed E-state index contributed by atoms with van der Waals surface area (Å²) in [7, 11) is -3.14. The van der Waals surface area contributed by atoms with Gasteiger partial charge in [0, 0.05) is 31.6 Å². The molecule has 0 fully saturated rings. The van der Waals surface area contributed by atoms with Gasteiger partial charge in [0.25, 0.3) is 0 Å². The minimum absolute atomic E-state index is 0.394. The summed E-state index contributed by atoms with van der Waals surface area (Å²) in [5, 5.41) is 0. The predicted octanol–water partition coefficient (Wildman–Crippen LogP) is 1.15. The fraction of sp³-hybridized carbons (Fsp3) is 0.500. The summed E-state index contributed by atoms with van der Waals surface area (Å²) in [4.78, 5) is 8.84. The zero-order valence-corrected chi connectivity index (χ0v) is 12.8. The summed E-state index contributed by atoms with van der Waals surface area (Å²) in [6.07, 6.45) is 4.21. The molecule has 0 saturated carbocycles. The van der Waals surface area contributed by atoms with E-state index in [2.05, 4.69) is 14.7 Å². The average Bonchev–Trinajstić information content (AvgIpc) is 2.72. The van der Waals surface area contributed by atoms with E-state index in [1.165, 1.54) is 0 Å². The zero-order valence-electron chi connectivity index (χ0n) is 11.2. The highest BCUT2D eigenvalue weighted by atomic mass is 35.5. The fourth-order valence-corrected chi connectivity index (χ4v) is 2.69. The number of aryl methyl sites for hydroxylation is 2. The molecule has 0 radical (unpaired) electrons. The largest absolute Gasteiger partial charge is 0.313 e. The maximum Gasteiger partial charge on any atom is 0.208 e. The molecule has 0 bridgehead atoms. The highest BCUT2D eigenvalue weighted by molar-refractivity contribution is 7.88. The van der Waals surface area contributed by atoms with Crippen molar-refractivity contribution in [1.82, 2.24) is 19.3 Å². The first-order chi connectivity index (χ1) is 9.51. The summed E-state index contributed by atoms with van der Waals surface area (Å²) >= 11 is 5.79. The first-order valence-corrected chi connectivity index (χ1v) is 8.74. The highest BCUT2D eigenvalue weighted by Crippen LogP contribution is 2.14. The first kappa shape index (κ1) is 15.2. The molecule has 0 aliphatic rings. The summed E-state index contributed by atoms with van der Waals surface area (Å²) in [5.41, 5.74) is 1.65. The Morgan fingerprint density at radius 2 is 2.25 bits per heavy atom. The number of alkyl halides is 1. The lowest BCUT2D eigenvalue weighted by Gasteiger charge is -2.08. The lowest BCUT2D eigenvalue weighted by Crippen LogP contribution is -2.24. The van der Waals surface area contributed by atoms with E-state index in [-0.39, 0.29) is 0 Å². The molecule has 1 N–H and O–H groups in total. The summed E-state index contributed by atoms with van der Waals surface area (Å²) < 4.78 is 26.5. The molecule has 110 valence electrons. The number of pyridine rings is 1. The summed E-state index contributed by atoms with van der Waals surface area (Å²) in [6.45, 7) is 1.05. The van der Waals surface area contributed by atoms with E-state index in [9.17, 15) is 8.42 Å². The highest BCUT2D eigenvalue weighted by Gasteiger charge is 2.10. The Morgan fingerprint density at radius 3 is 2.95 bits per heavy atom. The Labute approximate surface area is 123 Å². The third-order valence-electron chi connectivity index (χ3n) is 2.82. The van der Waals surface area contributed by atoms with Crippen LogP contribution in [0.4, 0.5) is 0 Å². The second-order valence-electron chi connectivity index (χ2n) is 4.48. The summed E-state index contributed by atoms with van der Waals surface area (Å²) in [6, 6.07) is 3.75. The molecular formula is C12H17ClN4O2S. The second kappa shape index (κ2) is 6.51. The molecule has 0 atom stereocenters. The van der Waals surface area contributed by atoms with E-state index in [0.29, 0.717) is 31.8 Å². The van der Waals surface area contributed by atoms with Crippen molar-refractivity contribution in [2.75, 3.05) is 18.7 Å². The van der Waals surface area contributed by atoms with Gasteiger partial charge in [-0.15, -0.1) is 11.6 Å². The van der Waals surface area contributed by atoms with E-state index in [4.69, 9.17) is 11.6 Å². The molecule has 20 heavy (non-hydrogen) atoms. The molecule has 8 heteroatoms. The Kier molecular flexibility index (Phi) is 4.95. The molecule has 2 rings (SSSR count). The van der Waals surface area contributed by atoms with Crippen LogP contribution in [0.25, 0.3) is 11.2 Å². The van der Waals surface area contributed by atoms with Crippen molar-refractivity contribution in [3.8, 4) is 0 Å². The number of hydrogen-bond donors (Lipinski definition) is 1. The van der Waals surface area contributed by atoms with Gasteiger partial charge in [-0.3, -0.25) is 0 Å². The van der Waals surface area contributed by atoms with Crippen LogP contribution in [0.15, 0.2) is 18.3 Å². The van der Waals surface area contributed by atoms with Crippen molar-refractivity contribution in [2.24, 2.45) is 0 Å². The number of halogens is 1. The van der Waals surface area contributed by atoms with Gasteiger partial charge in [0.15, 0.2) is 5.65 Å². The number of nitrogens with one attached hydrogen (secondary N) is 1. The molecule has 0 amide bonds. The van der Waals surface area contributed by atoms with Gasteiger partial charge in [-0.1, -0.05) is 0 Å². The Balaban J connectivity index is 2.13. The smallest absolute Gasteiger partial charge is 0.208 e. The monoisotopic (exact) mass is 316 g/mol. The molecule has 6 nitrogen and oxygen atoms in total. The van der Waals surface area contributed by atoms with Crippen molar-refractivity contribution in [3.63, 3.8) is 0 Å². The van der Waals surface area contributed by atoms with Gasteiger partial charge in [-0.05, 0) is 18.6 Å². The molecule has 0 aliphatic heterocycles. The van der Waals surface area contributed by atoms with Crippen LogP contribution in [0.2, 0.25) is 0 Å². The maximum absolute atomic E-state index is 11.0. The van der Waals surface area contributed by atoms with Crippen molar-refractivity contribution in [3.05, 3.63) is 24.2 Å². The van der Waals surface area contributed by atoms with Gasteiger partial charge in [0.2, 0.25) is 10.0 Å². The van der Waals surface area contributed by atoms with Gasteiger partial charge >= 0.3 is 0 Å². The van der Waals surface area contributed by atoms with Crippen LogP contribution < -0.4 is 4.72 Å². The maximum atomic E-state index is 11.0. The summed E-state index contributed by atoms with van der Waals surface area (Å²) in [5.74, 6) is 1.37. The minimum atomic E-state index is -3.14. The number of imidazole rings is 1. The molecule has 0 unspecified atom stereocenters. The van der Waals surface area contributed by atoms with Crippen LogP contribution in [0.1, 0.15) is 12.2 Å². The predicted molar refractivity (Wildman–Crippen MR) is 79.4 cm³/mol. The van der Waals surface area contributed by atoms with E-state index < -0.39 is 10.0 Å². The van der Waals surface area contributed by atoms with Gasteiger partial charge in [0.1, 0.15) is 11.3 Å². The van der Waals surface area contributed by atoms with Gasteiger partial charge in [0.05, 0.1) is 6.26 Å². The third kappa shape index (κ3) is 3.91. The number of aromatic nitrogens is 3.